The van der Waals surface area contributed by atoms with Crippen LogP contribution in [-0.4, -0.2) is 18.7 Å². The number of rotatable bonds is 5. The highest BCUT2D eigenvalue weighted by atomic mass is 16.6. The van der Waals surface area contributed by atoms with E-state index in [0.717, 1.165) is 31.6 Å². The molecule has 17 heavy (non-hydrogen) atoms. The second-order valence-corrected chi connectivity index (χ2v) is 5.44. The summed E-state index contributed by atoms with van der Waals surface area (Å²) in [5.74, 6) is 0.739. The summed E-state index contributed by atoms with van der Waals surface area (Å²) in [6.07, 6.45) is 7.04. The van der Waals surface area contributed by atoms with Gasteiger partial charge in [0.05, 0.1) is 7.11 Å². The number of esters is 1. The van der Waals surface area contributed by atoms with Gasteiger partial charge in [0.15, 0.2) is 0 Å². The van der Waals surface area contributed by atoms with Gasteiger partial charge in [-0.3, -0.25) is 0 Å². The van der Waals surface area contributed by atoms with Crippen LogP contribution in [0.4, 0.5) is 0 Å². The topological polar surface area (TPSA) is 35.5 Å². The number of methoxy groups -OCH3 is 1. The molecular weight excluding hydrogens is 216 g/mol. The smallest absolute Gasteiger partial charge is 0.372 e. The molecule has 3 heteroatoms. The van der Waals surface area contributed by atoms with Crippen molar-refractivity contribution in [3.8, 4) is 0 Å². The first kappa shape index (κ1) is 14.1. The predicted molar refractivity (Wildman–Crippen MR) is 67.5 cm³/mol. The maximum absolute atomic E-state index is 11.4. The maximum Gasteiger partial charge on any atom is 0.372 e. The monoisotopic (exact) mass is 240 g/mol. The Morgan fingerprint density at radius 2 is 2.29 bits per heavy atom. The molecule has 0 aromatic heterocycles. The van der Waals surface area contributed by atoms with Gasteiger partial charge in [-0.25, -0.2) is 4.79 Å². The van der Waals surface area contributed by atoms with Gasteiger partial charge in [0.2, 0.25) is 5.76 Å². The van der Waals surface area contributed by atoms with Gasteiger partial charge in [0.1, 0.15) is 5.60 Å². The summed E-state index contributed by atoms with van der Waals surface area (Å²) in [7, 11) is 1.39. The lowest BCUT2D eigenvalue weighted by Crippen LogP contribution is -2.33. The van der Waals surface area contributed by atoms with Gasteiger partial charge in [-0.1, -0.05) is 20.3 Å². The lowest BCUT2D eigenvalue weighted by atomic mass is 9.90. The van der Waals surface area contributed by atoms with E-state index in [4.69, 9.17) is 9.47 Å². The molecule has 98 valence electrons. The first-order valence-corrected chi connectivity index (χ1v) is 6.44. The molecule has 0 bridgehead atoms. The first-order chi connectivity index (χ1) is 7.97. The van der Waals surface area contributed by atoms with E-state index in [9.17, 15) is 4.79 Å². The Labute approximate surface area is 104 Å². The van der Waals surface area contributed by atoms with Gasteiger partial charge < -0.3 is 9.47 Å². The molecule has 0 aliphatic carbocycles. The third-order valence-electron chi connectivity index (χ3n) is 3.23. The molecule has 0 N–H and O–H groups in total. The number of allylic oxidation sites excluding steroid dienone is 1. The van der Waals surface area contributed by atoms with E-state index < -0.39 is 0 Å². The van der Waals surface area contributed by atoms with Crippen molar-refractivity contribution in [1.29, 1.82) is 0 Å². The molecule has 0 fully saturated rings. The van der Waals surface area contributed by atoms with Crippen LogP contribution in [0, 0.1) is 5.92 Å². The predicted octanol–water partition coefficient (Wildman–Crippen LogP) is 3.44. The summed E-state index contributed by atoms with van der Waals surface area (Å²) in [6, 6.07) is 0. The number of ether oxygens (including phenoxy) is 2. The largest absolute Gasteiger partial charge is 0.481 e. The van der Waals surface area contributed by atoms with Crippen molar-refractivity contribution >= 4 is 5.97 Å². The second-order valence-electron chi connectivity index (χ2n) is 5.44. The molecule has 0 saturated heterocycles. The van der Waals surface area contributed by atoms with Crippen molar-refractivity contribution in [3.63, 3.8) is 0 Å². The number of hydrogen-bond acceptors (Lipinski definition) is 3. The molecule has 0 saturated carbocycles. The highest BCUT2D eigenvalue weighted by Gasteiger charge is 2.31. The minimum atomic E-state index is -0.361. The highest BCUT2D eigenvalue weighted by molar-refractivity contribution is 5.86. The van der Waals surface area contributed by atoms with Crippen LogP contribution in [0.5, 0.6) is 0 Å². The SMILES string of the molecule is COC(=O)C1=CCC[C@@](C)(CCCC(C)C)O1. The van der Waals surface area contributed by atoms with E-state index in [1.54, 1.807) is 0 Å². The average Bonchev–Trinajstić information content (AvgIpc) is 2.27. The molecule has 0 unspecified atom stereocenters. The van der Waals surface area contributed by atoms with Crippen molar-refractivity contribution in [3.05, 3.63) is 11.8 Å². The fourth-order valence-electron chi connectivity index (χ4n) is 2.15. The van der Waals surface area contributed by atoms with E-state index in [0.29, 0.717) is 5.76 Å². The van der Waals surface area contributed by atoms with Gasteiger partial charge in [-0.2, -0.15) is 0 Å². The molecular formula is C14H24O3. The van der Waals surface area contributed by atoms with E-state index in [2.05, 4.69) is 20.8 Å². The zero-order valence-corrected chi connectivity index (χ0v) is 11.4. The Balaban J connectivity index is 2.49. The van der Waals surface area contributed by atoms with Crippen LogP contribution in [0.1, 0.15) is 52.9 Å². The lowest BCUT2D eigenvalue weighted by molar-refractivity contribution is -0.145. The highest BCUT2D eigenvalue weighted by Crippen LogP contribution is 2.32. The summed E-state index contributed by atoms with van der Waals surface area (Å²) < 4.78 is 10.5. The van der Waals surface area contributed by atoms with Crippen molar-refractivity contribution in [2.75, 3.05) is 7.11 Å². The summed E-state index contributed by atoms with van der Waals surface area (Å²) in [5, 5.41) is 0. The van der Waals surface area contributed by atoms with Crippen molar-refractivity contribution < 1.29 is 14.3 Å². The lowest BCUT2D eigenvalue weighted by Gasteiger charge is -2.34. The van der Waals surface area contributed by atoms with Gasteiger partial charge in [0, 0.05) is 0 Å². The van der Waals surface area contributed by atoms with E-state index in [1.165, 1.54) is 13.5 Å². The minimum Gasteiger partial charge on any atom is -0.481 e. The molecule has 1 atom stereocenters. The summed E-state index contributed by atoms with van der Waals surface area (Å²) in [4.78, 5) is 11.4. The third kappa shape index (κ3) is 4.41. The van der Waals surface area contributed by atoms with Crippen LogP contribution in [-0.2, 0) is 14.3 Å². The molecule has 0 amide bonds. The number of carbonyl (C=O) groups excluding carboxylic acids is 1. The summed E-state index contributed by atoms with van der Waals surface area (Å²) in [5.41, 5.74) is -0.201. The molecule has 0 spiro atoms. The minimum absolute atomic E-state index is 0.201. The second kappa shape index (κ2) is 6.08. The number of hydrogen-bond donors (Lipinski definition) is 0. The molecule has 1 aliphatic heterocycles. The summed E-state index contributed by atoms with van der Waals surface area (Å²) in [6.45, 7) is 6.54. The Kier molecular flexibility index (Phi) is 5.03. The number of carbonyl (C=O) groups is 1. The zero-order chi connectivity index (χ0) is 12.9. The molecule has 0 aromatic rings. The normalized spacial score (nSPS) is 24.2. The van der Waals surface area contributed by atoms with Crippen LogP contribution < -0.4 is 0 Å². The Bertz CT molecular complexity index is 294. The average molecular weight is 240 g/mol. The Morgan fingerprint density at radius 1 is 1.59 bits per heavy atom. The Morgan fingerprint density at radius 3 is 2.88 bits per heavy atom. The molecule has 1 aliphatic rings. The molecule has 1 rings (SSSR count). The van der Waals surface area contributed by atoms with Crippen LogP contribution in [0.2, 0.25) is 0 Å². The standard InChI is InChI=1S/C14H24O3/c1-11(2)7-5-9-14(3)10-6-8-12(17-14)13(15)16-4/h8,11H,5-7,9-10H2,1-4H3/t14-/m1/s1. The van der Waals surface area contributed by atoms with Crippen LogP contribution in [0.25, 0.3) is 0 Å². The van der Waals surface area contributed by atoms with Gasteiger partial charge in [-0.05, 0) is 44.6 Å². The van der Waals surface area contributed by atoms with Gasteiger partial charge in [-0.15, -0.1) is 0 Å². The van der Waals surface area contributed by atoms with Crippen molar-refractivity contribution in [2.45, 2.75) is 58.5 Å². The quantitative estimate of drug-likeness (QED) is 0.690. The molecule has 0 aromatic carbocycles. The third-order valence-corrected chi connectivity index (χ3v) is 3.23. The fourth-order valence-corrected chi connectivity index (χ4v) is 2.15. The summed E-state index contributed by atoms with van der Waals surface area (Å²) >= 11 is 0. The van der Waals surface area contributed by atoms with Crippen molar-refractivity contribution in [1.82, 2.24) is 0 Å². The van der Waals surface area contributed by atoms with Gasteiger partial charge >= 0.3 is 5.97 Å². The van der Waals surface area contributed by atoms with E-state index in [-0.39, 0.29) is 11.6 Å². The molecule has 0 radical (unpaired) electrons. The van der Waals surface area contributed by atoms with Crippen molar-refractivity contribution in [2.24, 2.45) is 5.92 Å². The first-order valence-electron chi connectivity index (χ1n) is 6.44. The van der Waals surface area contributed by atoms with Crippen LogP contribution in [0.3, 0.4) is 0 Å². The van der Waals surface area contributed by atoms with Gasteiger partial charge in [0.25, 0.3) is 0 Å². The maximum atomic E-state index is 11.4. The fraction of sp³-hybridized carbons (Fsp3) is 0.786. The van der Waals surface area contributed by atoms with E-state index >= 15 is 0 Å². The van der Waals surface area contributed by atoms with E-state index in [1.807, 2.05) is 6.08 Å². The molecule has 1 heterocycles. The Hall–Kier alpha value is -0.990. The molecule has 3 nitrogen and oxygen atoms in total. The van der Waals surface area contributed by atoms with Crippen LogP contribution in [0.15, 0.2) is 11.8 Å². The zero-order valence-electron chi connectivity index (χ0n) is 11.4. The van der Waals surface area contributed by atoms with Crippen LogP contribution >= 0.6 is 0 Å².